The van der Waals surface area contributed by atoms with Crippen molar-refractivity contribution in [2.45, 2.75) is 19.1 Å². The highest BCUT2D eigenvalue weighted by Gasteiger charge is 2.37. The molecule has 1 fully saturated rings. The van der Waals surface area contributed by atoms with Crippen LogP contribution in [0.4, 0.5) is 13.2 Å². The summed E-state index contributed by atoms with van der Waals surface area (Å²) in [6.07, 6.45) is 0.496. The van der Waals surface area contributed by atoms with Gasteiger partial charge in [-0.3, -0.25) is 0 Å². The maximum atomic E-state index is 13.2. The molecule has 3 aromatic heterocycles. The Kier molecular flexibility index (Phi) is 6.72. The Hall–Kier alpha value is -3.74. The second-order valence-electron chi connectivity index (χ2n) is 8.86. The molecular formula is C27H25F3N6. The molecule has 0 saturated carbocycles. The Labute approximate surface area is 207 Å². The Bertz CT molecular complexity index is 1370. The number of pyridine rings is 2. The van der Waals surface area contributed by atoms with Gasteiger partial charge in [0.1, 0.15) is 17.4 Å². The minimum atomic E-state index is -4.29. The van der Waals surface area contributed by atoms with Gasteiger partial charge in [0.05, 0.1) is 11.4 Å². The highest BCUT2D eigenvalue weighted by Crippen LogP contribution is 2.28. The summed E-state index contributed by atoms with van der Waals surface area (Å²) in [6, 6.07) is 19.6. The average Bonchev–Trinajstić information content (AvgIpc) is 3.07. The molecule has 36 heavy (non-hydrogen) atoms. The molecule has 0 bridgehead atoms. The van der Waals surface area contributed by atoms with Gasteiger partial charge in [-0.25, -0.2) is 14.9 Å². The van der Waals surface area contributed by atoms with Gasteiger partial charge in [-0.2, -0.15) is 18.4 Å². The fraction of sp³-hybridized carbons (Fsp3) is 0.296. The van der Waals surface area contributed by atoms with Gasteiger partial charge in [0.15, 0.2) is 0 Å². The van der Waals surface area contributed by atoms with E-state index >= 15 is 0 Å². The Morgan fingerprint density at radius 1 is 0.889 bits per heavy atom. The normalized spacial score (nSPS) is 15.6. The molecule has 0 radical (unpaired) electrons. The van der Waals surface area contributed by atoms with Crippen molar-refractivity contribution in [1.29, 1.82) is 5.26 Å². The SMILES string of the molecule is N#Cc1ccc(-c2nc3ccc(-c4ccccc4)cn3c2CCN2CCCN(C(F)(F)F)CC2)cn1. The maximum absolute atomic E-state index is 13.2. The minimum Gasteiger partial charge on any atom is -0.303 e. The third-order valence-corrected chi connectivity index (χ3v) is 6.59. The summed E-state index contributed by atoms with van der Waals surface area (Å²) in [4.78, 5) is 11.8. The van der Waals surface area contributed by atoms with Gasteiger partial charge in [-0.1, -0.05) is 30.3 Å². The second kappa shape index (κ2) is 10.1. The van der Waals surface area contributed by atoms with E-state index in [2.05, 4.69) is 20.5 Å². The predicted octanol–water partition coefficient (Wildman–Crippen LogP) is 5.00. The van der Waals surface area contributed by atoms with E-state index in [1.54, 1.807) is 12.3 Å². The first-order valence-corrected chi connectivity index (χ1v) is 11.9. The van der Waals surface area contributed by atoms with Crippen LogP contribution in [0, 0.1) is 11.3 Å². The first-order valence-electron chi connectivity index (χ1n) is 11.9. The lowest BCUT2D eigenvalue weighted by molar-refractivity contribution is -0.244. The second-order valence-corrected chi connectivity index (χ2v) is 8.86. The van der Waals surface area contributed by atoms with Gasteiger partial charge >= 0.3 is 6.30 Å². The molecule has 1 aliphatic heterocycles. The molecule has 184 valence electrons. The molecule has 1 saturated heterocycles. The molecule has 1 aromatic carbocycles. The molecule has 0 aliphatic carbocycles. The number of rotatable bonds is 5. The molecule has 4 heterocycles. The van der Waals surface area contributed by atoms with Gasteiger partial charge < -0.3 is 9.30 Å². The minimum absolute atomic E-state index is 0.0260. The van der Waals surface area contributed by atoms with E-state index in [0.717, 1.165) is 33.7 Å². The van der Waals surface area contributed by atoms with Gasteiger partial charge in [0.25, 0.3) is 0 Å². The van der Waals surface area contributed by atoms with Crippen molar-refractivity contribution in [1.82, 2.24) is 24.2 Å². The molecule has 6 nitrogen and oxygen atoms in total. The summed E-state index contributed by atoms with van der Waals surface area (Å²) < 4.78 is 41.6. The van der Waals surface area contributed by atoms with Crippen LogP contribution in [0.1, 0.15) is 17.8 Å². The number of fused-ring (bicyclic) bond motifs is 1. The smallest absolute Gasteiger partial charge is 0.303 e. The van der Waals surface area contributed by atoms with Crippen LogP contribution in [-0.4, -0.2) is 63.2 Å². The van der Waals surface area contributed by atoms with Crippen LogP contribution in [0.5, 0.6) is 0 Å². The lowest BCUT2D eigenvalue weighted by Gasteiger charge is -2.23. The summed E-state index contributed by atoms with van der Waals surface area (Å²) in [5.74, 6) is 0. The highest BCUT2D eigenvalue weighted by molar-refractivity contribution is 5.70. The van der Waals surface area contributed by atoms with Crippen LogP contribution in [-0.2, 0) is 6.42 Å². The molecular weight excluding hydrogens is 465 g/mol. The van der Waals surface area contributed by atoms with Gasteiger partial charge in [0.2, 0.25) is 0 Å². The Morgan fingerprint density at radius 2 is 1.69 bits per heavy atom. The fourth-order valence-electron chi connectivity index (χ4n) is 4.68. The van der Waals surface area contributed by atoms with Crippen LogP contribution in [0.3, 0.4) is 0 Å². The van der Waals surface area contributed by atoms with Crippen LogP contribution in [0.25, 0.3) is 28.0 Å². The van der Waals surface area contributed by atoms with Crippen molar-refractivity contribution < 1.29 is 13.2 Å². The monoisotopic (exact) mass is 490 g/mol. The third kappa shape index (κ3) is 5.10. The quantitative estimate of drug-likeness (QED) is 0.368. The Morgan fingerprint density at radius 3 is 2.42 bits per heavy atom. The Balaban J connectivity index is 1.47. The van der Waals surface area contributed by atoms with E-state index in [1.807, 2.05) is 54.6 Å². The molecule has 0 amide bonds. The molecule has 5 rings (SSSR count). The summed E-state index contributed by atoms with van der Waals surface area (Å²) in [5, 5.41) is 9.12. The lowest BCUT2D eigenvalue weighted by Crippen LogP contribution is -2.40. The number of imidazole rings is 1. The van der Waals surface area contributed by atoms with E-state index < -0.39 is 6.30 Å². The van der Waals surface area contributed by atoms with E-state index in [-0.39, 0.29) is 13.1 Å². The van der Waals surface area contributed by atoms with Crippen LogP contribution < -0.4 is 0 Å². The topological polar surface area (TPSA) is 60.5 Å². The zero-order valence-electron chi connectivity index (χ0n) is 19.6. The number of hydrogen-bond donors (Lipinski definition) is 0. The first kappa shape index (κ1) is 24.0. The van der Waals surface area contributed by atoms with Crippen molar-refractivity contribution in [2.75, 3.05) is 32.7 Å². The van der Waals surface area contributed by atoms with E-state index in [4.69, 9.17) is 10.2 Å². The number of hydrogen-bond acceptors (Lipinski definition) is 5. The van der Waals surface area contributed by atoms with Crippen LogP contribution in [0.2, 0.25) is 0 Å². The summed E-state index contributed by atoms with van der Waals surface area (Å²) >= 11 is 0. The van der Waals surface area contributed by atoms with Gasteiger partial charge in [0, 0.05) is 50.6 Å². The molecule has 0 spiro atoms. The van der Waals surface area contributed by atoms with E-state index in [9.17, 15) is 13.2 Å². The van der Waals surface area contributed by atoms with Gasteiger partial charge in [-0.05, 0) is 48.4 Å². The van der Waals surface area contributed by atoms with Crippen molar-refractivity contribution >= 4 is 5.65 Å². The zero-order chi connectivity index (χ0) is 25.1. The third-order valence-electron chi connectivity index (χ3n) is 6.59. The standard InChI is InChI=1S/C27H25F3N6/c28-27(29,30)35-13-4-12-34(15-16-35)14-11-24-26(21-7-9-23(17-31)32-18-21)33-25-10-8-22(19-36(24)25)20-5-2-1-3-6-20/h1-3,5-10,18-19H,4,11-16H2. The average molecular weight is 491 g/mol. The lowest BCUT2D eigenvalue weighted by atomic mass is 10.1. The molecule has 0 unspecified atom stereocenters. The zero-order valence-corrected chi connectivity index (χ0v) is 19.6. The summed E-state index contributed by atoms with van der Waals surface area (Å²) in [6.45, 7) is 1.59. The number of benzene rings is 1. The molecule has 1 aliphatic rings. The maximum Gasteiger partial charge on any atom is 0.459 e. The van der Waals surface area contributed by atoms with Gasteiger partial charge in [-0.15, -0.1) is 0 Å². The predicted molar refractivity (Wildman–Crippen MR) is 131 cm³/mol. The summed E-state index contributed by atoms with van der Waals surface area (Å²) in [5.41, 5.74) is 5.77. The van der Waals surface area contributed by atoms with Crippen molar-refractivity contribution in [3.63, 3.8) is 0 Å². The number of halogens is 3. The van der Waals surface area contributed by atoms with Crippen molar-refractivity contribution in [3.8, 4) is 28.5 Å². The summed E-state index contributed by atoms with van der Waals surface area (Å²) in [7, 11) is 0. The number of nitrogens with zero attached hydrogens (tertiary/aromatic N) is 6. The largest absolute Gasteiger partial charge is 0.459 e. The fourth-order valence-corrected chi connectivity index (χ4v) is 4.68. The number of nitriles is 1. The molecule has 0 atom stereocenters. The molecule has 0 N–H and O–H groups in total. The van der Waals surface area contributed by atoms with E-state index in [0.29, 0.717) is 43.1 Å². The van der Waals surface area contributed by atoms with Crippen molar-refractivity contribution in [3.05, 3.63) is 78.4 Å². The number of alkyl halides is 3. The van der Waals surface area contributed by atoms with Crippen LogP contribution in [0.15, 0.2) is 67.0 Å². The van der Waals surface area contributed by atoms with E-state index in [1.165, 1.54) is 0 Å². The molecule has 9 heteroatoms. The molecule has 4 aromatic rings. The van der Waals surface area contributed by atoms with Crippen LogP contribution >= 0.6 is 0 Å². The highest BCUT2D eigenvalue weighted by atomic mass is 19.4. The number of aromatic nitrogens is 3. The first-order chi connectivity index (χ1) is 17.4. The van der Waals surface area contributed by atoms with Crippen molar-refractivity contribution in [2.24, 2.45) is 0 Å².